The summed E-state index contributed by atoms with van der Waals surface area (Å²) in [6.07, 6.45) is 1.85. The Bertz CT molecular complexity index is 414. The average molecular weight is 337 g/mol. The van der Waals surface area contributed by atoms with Gasteiger partial charge in [0.15, 0.2) is 0 Å². The Labute approximate surface area is 120 Å². The van der Waals surface area contributed by atoms with Crippen LogP contribution in [0.1, 0.15) is 30.1 Å². The van der Waals surface area contributed by atoms with Crippen LogP contribution in [-0.4, -0.2) is 18.3 Å². The molecule has 1 aromatic carbocycles. The van der Waals surface area contributed by atoms with Crippen LogP contribution in [0.5, 0.6) is 0 Å². The average Bonchev–Trinajstić information content (AvgIpc) is 2.34. The number of carbonyl (C=O) groups excluding carboxylic acids is 1. The highest BCUT2D eigenvalue weighted by molar-refractivity contribution is 9.10. The number of benzene rings is 1. The monoisotopic (exact) mass is 335 g/mol. The van der Waals surface area contributed by atoms with Crippen molar-refractivity contribution in [2.45, 2.75) is 19.8 Å². The van der Waals surface area contributed by atoms with Gasteiger partial charge in [0.05, 0.1) is 5.56 Å². The molecule has 0 aliphatic rings. The molecule has 0 aromatic heterocycles. The molecular weight excluding hydrogens is 321 g/mol. The number of amides is 1. The van der Waals surface area contributed by atoms with Crippen molar-refractivity contribution in [1.82, 2.24) is 5.32 Å². The van der Waals surface area contributed by atoms with Crippen molar-refractivity contribution in [3.63, 3.8) is 0 Å². The van der Waals surface area contributed by atoms with Gasteiger partial charge >= 0.3 is 0 Å². The molecule has 0 spiro atoms. The Morgan fingerprint density at radius 1 is 1.56 bits per heavy atom. The largest absolute Gasteiger partial charge is 0.352 e. The highest BCUT2D eigenvalue weighted by atomic mass is 79.9. The SMILES string of the molecule is CCC(CCCl)CNC(=O)c1ccc(F)cc1Br. The van der Waals surface area contributed by atoms with E-state index >= 15 is 0 Å². The van der Waals surface area contributed by atoms with Gasteiger partial charge in [0.1, 0.15) is 5.82 Å². The summed E-state index contributed by atoms with van der Waals surface area (Å²) in [5, 5.41) is 2.85. The Balaban J connectivity index is 2.59. The maximum Gasteiger partial charge on any atom is 0.252 e. The molecule has 0 heterocycles. The van der Waals surface area contributed by atoms with Crippen molar-refractivity contribution >= 4 is 33.4 Å². The van der Waals surface area contributed by atoms with Crippen LogP contribution in [0.3, 0.4) is 0 Å². The fraction of sp³-hybridized carbons (Fsp3) is 0.462. The summed E-state index contributed by atoms with van der Waals surface area (Å²) in [6, 6.07) is 4.03. The van der Waals surface area contributed by atoms with Crippen molar-refractivity contribution < 1.29 is 9.18 Å². The van der Waals surface area contributed by atoms with Gasteiger partial charge in [-0.3, -0.25) is 4.79 Å². The van der Waals surface area contributed by atoms with Crippen molar-refractivity contribution in [3.8, 4) is 0 Å². The number of carbonyl (C=O) groups is 1. The quantitative estimate of drug-likeness (QED) is 0.782. The van der Waals surface area contributed by atoms with Crippen LogP contribution in [0.2, 0.25) is 0 Å². The van der Waals surface area contributed by atoms with Gasteiger partial charge in [-0.2, -0.15) is 0 Å². The smallest absolute Gasteiger partial charge is 0.252 e. The standard InChI is InChI=1S/C13H16BrClFNO/c1-2-9(5-6-15)8-17-13(18)11-4-3-10(16)7-12(11)14/h3-4,7,9H,2,5-6,8H2,1H3,(H,17,18). The minimum atomic E-state index is -0.369. The minimum absolute atomic E-state index is 0.199. The number of nitrogens with one attached hydrogen (secondary N) is 1. The molecule has 100 valence electrons. The highest BCUT2D eigenvalue weighted by Crippen LogP contribution is 2.18. The van der Waals surface area contributed by atoms with Crippen LogP contribution in [0, 0.1) is 11.7 Å². The fourth-order valence-electron chi connectivity index (χ4n) is 1.61. The van der Waals surface area contributed by atoms with E-state index in [9.17, 15) is 9.18 Å². The molecular formula is C13H16BrClFNO. The molecule has 1 amide bonds. The van der Waals surface area contributed by atoms with E-state index < -0.39 is 0 Å². The van der Waals surface area contributed by atoms with Gasteiger partial charge in [0.2, 0.25) is 0 Å². The van der Waals surface area contributed by atoms with E-state index in [1.807, 2.05) is 0 Å². The van der Waals surface area contributed by atoms with Gasteiger partial charge in [0, 0.05) is 16.9 Å². The lowest BCUT2D eigenvalue weighted by Gasteiger charge is -2.14. The van der Waals surface area contributed by atoms with E-state index in [0.29, 0.717) is 28.4 Å². The predicted molar refractivity (Wildman–Crippen MR) is 75.6 cm³/mol. The van der Waals surface area contributed by atoms with Gasteiger partial charge in [0.25, 0.3) is 5.91 Å². The molecule has 0 radical (unpaired) electrons. The second-order valence-electron chi connectivity index (χ2n) is 4.09. The Morgan fingerprint density at radius 2 is 2.28 bits per heavy atom. The van der Waals surface area contributed by atoms with Crippen molar-refractivity contribution in [3.05, 3.63) is 34.1 Å². The zero-order chi connectivity index (χ0) is 13.5. The van der Waals surface area contributed by atoms with E-state index in [4.69, 9.17) is 11.6 Å². The normalized spacial score (nSPS) is 12.2. The first-order valence-corrected chi connectivity index (χ1v) is 7.20. The molecule has 1 unspecified atom stereocenters. The number of alkyl halides is 1. The molecule has 2 nitrogen and oxygen atoms in total. The van der Waals surface area contributed by atoms with Crippen molar-refractivity contribution in [2.75, 3.05) is 12.4 Å². The molecule has 0 fully saturated rings. The molecule has 1 aromatic rings. The molecule has 0 saturated heterocycles. The summed E-state index contributed by atoms with van der Waals surface area (Å²) in [7, 11) is 0. The predicted octanol–water partition coefficient (Wildman–Crippen LogP) is 3.97. The number of rotatable bonds is 6. The lowest BCUT2D eigenvalue weighted by molar-refractivity contribution is 0.0945. The molecule has 0 aliphatic carbocycles. The molecule has 1 rings (SSSR count). The van der Waals surface area contributed by atoms with E-state index in [1.165, 1.54) is 18.2 Å². The summed E-state index contributed by atoms with van der Waals surface area (Å²) in [5.41, 5.74) is 0.442. The van der Waals surface area contributed by atoms with Gasteiger partial charge in [-0.15, -0.1) is 11.6 Å². The van der Waals surface area contributed by atoms with Crippen LogP contribution in [0.15, 0.2) is 22.7 Å². The molecule has 0 saturated carbocycles. The molecule has 0 bridgehead atoms. The topological polar surface area (TPSA) is 29.1 Å². The summed E-state index contributed by atoms with van der Waals surface area (Å²) in [6.45, 7) is 2.66. The second-order valence-corrected chi connectivity index (χ2v) is 5.32. The Kier molecular flexibility index (Phi) is 6.65. The third-order valence-corrected chi connectivity index (χ3v) is 3.70. The Hall–Kier alpha value is -0.610. The summed E-state index contributed by atoms with van der Waals surface area (Å²) in [5.74, 6) is 0.404. The maximum atomic E-state index is 12.9. The summed E-state index contributed by atoms with van der Waals surface area (Å²) in [4.78, 5) is 11.9. The molecule has 1 N–H and O–H groups in total. The minimum Gasteiger partial charge on any atom is -0.352 e. The Morgan fingerprint density at radius 3 is 2.83 bits per heavy atom. The lowest BCUT2D eigenvalue weighted by Crippen LogP contribution is -2.29. The first-order chi connectivity index (χ1) is 8.58. The van der Waals surface area contributed by atoms with Gasteiger partial charge in [-0.1, -0.05) is 13.3 Å². The first-order valence-electron chi connectivity index (χ1n) is 5.87. The molecule has 0 aliphatic heterocycles. The number of halogens is 3. The van der Waals surface area contributed by atoms with Gasteiger partial charge in [-0.05, 0) is 46.5 Å². The van der Waals surface area contributed by atoms with Crippen LogP contribution in [0.25, 0.3) is 0 Å². The van der Waals surface area contributed by atoms with E-state index in [-0.39, 0.29) is 11.7 Å². The van der Waals surface area contributed by atoms with Crippen LogP contribution < -0.4 is 5.32 Å². The first kappa shape index (κ1) is 15.4. The highest BCUT2D eigenvalue weighted by Gasteiger charge is 2.12. The molecule has 1 atom stereocenters. The number of hydrogen-bond acceptors (Lipinski definition) is 1. The second kappa shape index (κ2) is 7.74. The van der Waals surface area contributed by atoms with E-state index in [2.05, 4.69) is 28.2 Å². The lowest BCUT2D eigenvalue weighted by atomic mass is 10.0. The van der Waals surface area contributed by atoms with E-state index in [0.717, 1.165) is 12.8 Å². The zero-order valence-electron chi connectivity index (χ0n) is 10.2. The fourth-order valence-corrected chi connectivity index (χ4v) is 2.45. The summed E-state index contributed by atoms with van der Waals surface area (Å²) >= 11 is 8.87. The molecule has 18 heavy (non-hydrogen) atoms. The van der Waals surface area contributed by atoms with Crippen molar-refractivity contribution in [2.24, 2.45) is 5.92 Å². The van der Waals surface area contributed by atoms with Gasteiger partial charge in [-0.25, -0.2) is 4.39 Å². The van der Waals surface area contributed by atoms with Crippen LogP contribution in [-0.2, 0) is 0 Å². The zero-order valence-corrected chi connectivity index (χ0v) is 12.5. The van der Waals surface area contributed by atoms with Crippen molar-refractivity contribution in [1.29, 1.82) is 0 Å². The third-order valence-electron chi connectivity index (χ3n) is 2.82. The summed E-state index contributed by atoms with van der Waals surface area (Å²) < 4.78 is 13.4. The van der Waals surface area contributed by atoms with Crippen LogP contribution in [0.4, 0.5) is 4.39 Å². The van der Waals surface area contributed by atoms with Crippen LogP contribution >= 0.6 is 27.5 Å². The molecule has 5 heteroatoms. The third kappa shape index (κ3) is 4.58. The van der Waals surface area contributed by atoms with Gasteiger partial charge < -0.3 is 5.32 Å². The van der Waals surface area contributed by atoms with E-state index in [1.54, 1.807) is 0 Å². The maximum absolute atomic E-state index is 12.9. The number of hydrogen-bond donors (Lipinski definition) is 1.